The second kappa shape index (κ2) is 8.18. The Hall–Kier alpha value is -0.960. The first-order valence-electron chi connectivity index (χ1n) is 6.07. The lowest BCUT2D eigenvalue weighted by molar-refractivity contribution is -0.137. The molecule has 1 aromatic carbocycles. The third-order valence-corrected chi connectivity index (χ3v) is 3.51. The number of carbonyl (C=O) groups is 1. The predicted molar refractivity (Wildman–Crippen MR) is 72.6 cm³/mol. The van der Waals surface area contributed by atoms with Crippen LogP contribution < -0.4 is 0 Å². The maximum absolute atomic E-state index is 10.3. The topological polar surface area (TPSA) is 37.3 Å². The van der Waals surface area contributed by atoms with Gasteiger partial charge in [-0.1, -0.05) is 25.0 Å². The number of hydrogen-bond acceptors (Lipinski definition) is 2. The molecule has 1 aromatic rings. The van der Waals surface area contributed by atoms with Crippen LogP contribution in [0, 0.1) is 0 Å². The molecule has 94 valence electrons. The SMILES string of the molecule is CSc1ccc(CCCCCCC(=O)O)cc1. The number of benzene rings is 1. The molecule has 0 saturated carbocycles. The van der Waals surface area contributed by atoms with Gasteiger partial charge in [-0.2, -0.15) is 0 Å². The summed E-state index contributed by atoms with van der Waals surface area (Å²) in [6.07, 6.45) is 7.59. The van der Waals surface area contributed by atoms with Gasteiger partial charge in [0.2, 0.25) is 0 Å². The molecule has 0 spiro atoms. The molecule has 0 fully saturated rings. The molecule has 0 bridgehead atoms. The van der Waals surface area contributed by atoms with Gasteiger partial charge < -0.3 is 5.11 Å². The zero-order valence-corrected chi connectivity index (χ0v) is 11.1. The third kappa shape index (κ3) is 6.37. The van der Waals surface area contributed by atoms with Crippen molar-refractivity contribution in [1.82, 2.24) is 0 Å². The fraction of sp³-hybridized carbons (Fsp3) is 0.500. The monoisotopic (exact) mass is 252 g/mol. The normalized spacial score (nSPS) is 10.4. The number of aliphatic carboxylic acids is 1. The number of thioether (sulfide) groups is 1. The lowest BCUT2D eigenvalue weighted by atomic mass is 10.1. The van der Waals surface area contributed by atoms with E-state index in [9.17, 15) is 4.79 Å². The molecule has 0 unspecified atom stereocenters. The highest BCUT2D eigenvalue weighted by Gasteiger charge is 1.97. The first kappa shape index (κ1) is 14.1. The van der Waals surface area contributed by atoms with Gasteiger partial charge in [0, 0.05) is 11.3 Å². The summed E-state index contributed by atoms with van der Waals surface area (Å²) in [5.41, 5.74) is 1.38. The molecule has 0 aliphatic carbocycles. The van der Waals surface area contributed by atoms with Gasteiger partial charge in [0.25, 0.3) is 0 Å². The average Bonchev–Trinajstić information content (AvgIpc) is 2.34. The van der Waals surface area contributed by atoms with Gasteiger partial charge in [-0.3, -0.25) is 4.79 Å². The van der Waals surface area contributed by atoms with E-state index in [0.29, 0.717) is 6.42 Å². The Morgan fingerprint density at radius 1 is 1.12 bits per heavy atom. The van der Waals surface area contributed by atoms with E-state index in [1.807, 2.05) is 0 Å². The minimum Gasteiger partial charge on any atom is -0.481 e. The van der Waals surface area contributed by atoms with Gasteiger partial charge in [-0.05, 0) is 43.2 Å². The molecule has 1 N–H and O–H groups in total. The van der Waals surface area contributed by atoms with Crippen molar-refractivity contribution in [3.8, 4) is 0 Å². The van der Waals surface area contributed by atoms with Crippen LogP contribution in [0.5, 0.6) is 0 Å². The van der Waals surface area contributed by atoms with Crippen LogP contribution in [-0.4, -0.2) is 17.3 Å². The quantitative estimate of drug-likeness (QED) is 0.561. The van der Waals surface area contributed by atoms with E-state index in [2.05, 4.69) is 30.5 Å². The summed E-state index contributed by atoms with van der Waals surface area (Å²) in [4.78, 5) is 11.6. The fourth-order valence-corrected chi connectivity index (χ4v) is 2.16. The maximum Gasteiger partial charge on any atom is 0.303 e. The van der Waals surface area contributed by atoms with Crippen molar-refractivity contribution in [1.29, 1.82) is 0 Å². The van der Waals surface area contributed by atoms with Gasteiger partial charge >= 0.3 is 5.97 Å². The van der Waals surface area contributed by atoms with E-state index < -0.39 is 5.97 Å². The van der Waals surface area contributed by atoms with Crippen molar-refractivity contribution in [3.63, 3.8) is 0 Å². The van der Waals surface area contributed by atoms with E-state index >= 15 is 0 Å². The van der Waals surface area contributed by atoms with E-state index in [0.717, 1.165) is 32.1 Å². The van der Waals surface area contributed by atoms with Crippen LogP contribution >= 0.6 is 11.8 Å². The lowest BCUT2D eigenvalue weighted by Crippen LogP contribution is -1.93. The van der Waals surface area contributed by atoms with E-state index in [1.54, 1.807) is 11.8 Å². The molecule has 1 rings (SSSR count). The van der Waals surface area contributed by atoms with Crippen molar-refractivity contribution in [2.45, 2.75) is 43.4 Å². The minimum absolute atomic E-state index is 0.308. The van der Waals surface area contributed by atoms with Crippen LogP contribution in [0.3, 0.4) is 0 Å². The molecule has 0 radical (unpaired) electrons. The smallest absolute Gasteiger partial charge is 0.303 e. The van der Waals surface area contributed by atoms with Crippen LogP contribution in [-0.2, 0) is 11.2 Å². The summed E-state index contributed by atoms with van der Waals surface area (Å²) < 4.78 is 0. The zero-order valence-electron chi connectivity index (χ0n) is 10.3. The fourth-order valence-electron chi connectivity index (χ4n) is 1.75. The summed E-state index contributed by atoms with van der Waals surface area (Å²) in [6, 6.07) is 8.68. The minimum atomic E-state index is -0.683. The maximum atomic E-state index is 10.3. The third-order valence-electron chi connectivity index (χ3n) is 2.77. The van der Waals surface area contributed by atoms with Gasteiger partial charge in [-0.25, -0.2) is 0 Å². The van der Waals surface area contributed by atoms with Crippen molar-refractivity contribution >= 4 is 17.7 Å². The second-order valence-corrected chi connectivity index (χ2v) is 5.04. The largest absolute Gasteiger partial charge is 0.481 e. The van der Waals surface area contributed by atoms with Crippen LogP contribution in [0.15, 0.2) is 29.2 Å². The number of aryl methyl sites for hydroxylation is 1. The van der Waals surface area contributed by atoms with E-state index in [1.165, 1.54) is 10.5 Å². The molecule has 0 aliphatic rings. The summed E-state index contributed by atoms with van der Waals surface area (Å²) in [6.45, 7) is 0. The van der Waals surface area contributed by atoms with E-state index in [4.69, 9.17) is 5.11 Å². The highest BCUT2D eigenvalue weighted by Crippen LogP contribution is 2.16. The standard InChI is InChI=1S/C14H20O2S/c1-17-13-10-8-12(9-11-13)6-4-2-3-5-7-14(15)16/h8-11H,2-7H2,1H3,(H,15,16). The summed E-state index contributed by atoms with van der Waals surface area (Å²) in [5, 5.41) is 8.50. The van der Waals surface area contributed by atoms with Crippen LogP contribution in [0.4, 0.5) is 0 Å². The highest BCUT2D eigenvalue weighted by atomic mass is 32.2. The molecule has 2 nitrogen and oxygen atoms in total. The van der Waals surface area contributed by atoms with E-state index in [-0.39, 0.29) is 0 Å². The van der Waals surface area contributed by atoms with Crippen LogP contribution in [0.1, 0.15) is 37.7 Å². The Morgan fingerprint density at radius 2 is 1.76 bits per heavy atom. The Labute approximate surface area is 107 Å². The van der Waals surface area contributed by atoms with Crippen molar-refractivity contribution in [2.24, 2.45) is 0 Å². The number of rotatable bonds is 8. The second-order valence-electron chi connectivity index (χ2n) is 4.16. The number of carboxylic acids is 1. The first-order chi connectivity index (χ1) is 8.22. The average molecular weight is 252 g/mol. The summed E-state index contributed by atoms with van der Waals surface area (Å²) >= 11 is 1.76. The molecule has 17 heavy (non-hydrogen) atoms. The molecule has 0 aromatic heterocycles. The summed E-state index contributed by atoms with van der Waals surface area (Å²) in [7, 11) is 0. The van der Waals surface area contributed by atoms with Crippen LogP contribution in [0.25, 0.3) is 0 Å². The molecule has 0 atom stereocenters. The highest BCUT2D eigenvalue weighted by molar-refractivity contribution is 7.98. The van der Waals surface area contributed by atoms with Crippen LogP contribution in [0.2, 0.25) is 0 Å². The first-order valence-corrected chi connectivity index (χ1v) is 7.29. The molecule has 0 aliphatic heterocycles. The van der Waals surface area contributed by atoms with Gasteiger partial charge in [0.05, 0.1) is 0 Å². The molecule has 0 heterocycles. The number of hydrogen-bond donors (Lipinski definition) is 1. The molecule has 0 amide bonds. The Bertz CT molecular complexity index is 333. The van der Waals surface area contributed by atoms with Gasteiger partial charge in [-0.15, -0.1) is 11.8 Å². The van der Waals surface area contributed by atoms with Gasteiger partial charge in [0.15, 0.2) is 0 Å². The molecule has 0 saturated heterocycles. The Balaban J connectivity index is 2.11. The van der Waals surface area contributed by atoms with Gasteiger partial charge in [0.1, 0.15) is 0 Å². The lowest BCUT2D eigenvalue weighted by Gasteiger charge is -2.02. The Morgan fingerprint density at radius 3 is 2.35 bits per heavy atom. The van der Waals surface area contributed by atoms with Crippen molar-refractivity contribution in [3.05, 3.63) is 29.8 Å². The van der Waals surface area contributed by atoms with Crippen molar-refractivity contribution in [2.75, 3.05) is 6.26 Å². The zero-order chi connectivity index (χ0) is 12.5. The van der Waals surface area contributed by atoms with Crippen molar-refractivity contribution < 1.29 is 9.90 Å². The Kier molecular flexibility index (Phi) is 6.78. The predicted octanol–water partition coefficient (Wildman–Crippen LogP) is 3.99. The number of carboxylic acid groups (broad SMARTS) is 1. The molecular weight excluding hydrogens is 232 g/mol. The molecule has 3 heteroatoms. The molecular formula is C14H20O2S. The summed E-state index contributed by atoms with van der Waals surface area (Å²) in [5.74, 6) is -0.683. The number of unbranched alkanes of at least 4 members (excludes halogenated alkanes) is 3.